The van der Waals surface area contributed by atoms with E-state index in [0.717, 1.165) is 24.2 Å². The molecule has 1 aromatic carbocycles. The van der Waals surface area contributed by atoms with E-state index >= 15 is 0 Å². The minimum atomic E-state index is 0.0717. The van der Waals surface area contributed by atoms with Gasteiger partial charge < -0.3 is 14.6 Å². The van der Waals surface area contributed by atoms with Crippen molar-refractivity contribution in [1.29, 1.82) is 0 Å². The molecule has 1 aliphatic carbocycles. The highest BCUT2D eigenvalue weighted by Gasteiger charge is 2.23. The monoisotopic (exact) mass is 319 g/mol. The number of aromatic nitrogens is 2. The smallest absolute Gasteiger partial charge is 0.236 e. The number of hydrogen-bond acceptors (Lipinski definition) is 6. The normalized spacial score (nSPS) is 13.9. The predicted octanol–water partition coefficient (Wildman–Crippen LogP) is 2.26. The molecule has 0 atom stereocenters. The third-order valence-corrected chi connectivity index (χ3v) is 4.13. The van der Waals surface area contributed by atoms with Gasteiger partial charge in [0, 0.05) is 11.6 Å². The highest BCUT2D eigenvalue weighted by Crippen LogP contribution is 2.21. The van der Waals surface area contributed by atoms with Gasteiger partial charge >= 0.3 is 0 Å². The first-order chi connectivity index (χ1) is 10.7. The van der Waals surface area contributed by atoms with Crippen LogP contribution >= 0.6 is 11.8 Å². The van der Waals surface area contributed by atoms with Crippen LogP contribution in [0.15, 0.2) is 28.8 Å². The number of nitrogens with one attached hydrogen (secondary N) is 1. The molecule has 116 valence electrons. The minimum Gasteiger partial charge on any atom is -0.497 e. The summed E-state index contributed by atoms with van der Waals surface area (Å²) in [6, 6.07) is 7.86. The Morgan fingerprint density at radius 1 is 1.41 bits per heavy atom. The van der Waals surface area contributed by atoms with Crippen molar-refractivity contribution in [3.8, 4) is 17.1 Å². The zero-order chi connectivity index (χ0) is 15.4. The van der Waals surface area contributed by atoms with Crippen molar-refractivity contribution in [3.63, 3.8) is 0 Å². The van der Waals surface area contributed by atoms with Crippen LogP contribution in [0.2, 0.25) is 0 Å². The van der Waals surface area contributed by atoms with E-state index in [9.17, 15) is 4.79 Å². The van der Waals surface area contributed by atoms with Gasteiger partial charge in [0.25, 0.3) is 0 Å². The van der Waals surface area contributed by atoms with Crippen LogP contribution in [0.3, 0.4) is 0 Å². The first-order valence-electron chi connectivity index (χ1n) is 7.09. The molecule has 0 spiro atoms. The maximum atomic E-state index is 11.6. The zero-order valence-corrected chi connectivity index (χ0v) is 13.1. The SMILES string of the molecule is COc1ccc(-c2noc(CSCC(=O)NC3CC3)n2)cc1. The van der Waals surface area contributed by atoms with Gasteiger partial charge in [0.2, 0.25) is 17.6 Å². The summed E-state index contributed by atoms with van der Waals surface area (Å²) >= 11 is 1.47. The van der Waals surface area contributed by atoms with Crippen LogP contribution < -0.4 is 10.1 Å². The fourth-order valence-electron chi connectivity index (χ4n) is 1.90. The van der Waals surface area contributed by atoms with Gasteiger partial charge in [-0.25, -0.2) is 0 Å². The maximum absolute atomic E-state index is 11.6. The number of ether oxygens (including phenoxy) is 1. The van der Waals surface area contributed by atoms with Crippen molar-refractivity contribution in [2.45, 2.75) is 24.6 Å². The Hall–Kier alpha value is -2.02. The van der Waals surface area contributed by atoms with Gasteiger partial charge in [0.1, 0.15) is 5.75 Å². The lowest BCUT2D eigenvalue weighted by Gasteiger charge is -2.00. The molecule has 1 N–H and O–H groups in total. The Balaban J connectivity index is 1.50. The summed E-state index contributed by atoms with van der Waals surface area (Å²) in [6.45, 7) is 0. The van der Waals surface area contributed by atoms with Crippen LogP contribution in [0.1, 0.15) is 18.7 Å². The molecular formula is C15H17N3O3S. The second-order valence-electron chi connectivity index (χ2n) is 5.07. The number of thioether (sulfide) groups is 1. The van der Waals surface area contributed by atoms with Crippen molar-refractivity contribution in [1.82, 2.24) is 15.5 Å². The van der Waals surface area contributed by atoms with Gasteiger partial charge in [-0.3, -0.25) is 4.79 Å². The number of nitrogens with zero attached hydrogens (tertiary/aromatic N) is 2. The van der Waals surface area contributed by atoms with Crippen LogP contribution in [0.4, 0.5) is 0 Å². The van der Waals surface area contributed by atoms with Crippen LogP contribution in [0.25, 0.3) is 11.4 Å². The van der Waals surface area contributed by atoms with E-state index in [2.05, 4.69) is 15.5 Å². The first kappa shape index (κ1) is 14.9. The standard InChI is InChI=1S/C15H17N3O3S/c1-20-12-6-2-10(3-7-12)15-17-14(21-18-15)9-22-8-13(19)16-11-4-5-11/h2-3,6-7,11H,4-5,8-9H2,1H3,(H,16,19). The second-order valence-corrected chi connectivity index (χ2v) is 6.06. The topological polar surface area (TPSA) is 77.2 Å². The van der Waals surface area contributed by atoms with E-state index in [4.69, 9.17) is 9.26 Å². The molecule has 1 saturated carbocycles. The molecule has 7 heteroatoms. The van der Waals surface area contributed by atoms with E-state index in [1.807, 2.05) is 24.3 Å². The van der Waals surface area contributed by atoms with E-state index < -0.39 is 0 Å². The summed E-state index contributed by atoms with van der Waals surface area (Å²) in [7, 11) is 1.62. The Labute approximate surface area is 132 Å². The van der Waals surface area contributed by atoms with E-state index in [0.29, 0.717) is 29.3 Å². The van der Waals surface area contributed by atoms with E-state index in [1.54, 1.807) is 7.11 Å². The molecule has 0 unspecified atom stereocenters. The van der Waals surface area contributed by atoms with E-state index in [-0.39, 0.29) is 5.91 Å². The number of carbonyl (C=O) groups excluding carboxylic acids is 1. The molecule has 0 radical (unpaired) electrons. The van der Waals surface area contributed by atoms with Gasteiger partial charge in [-0.05, 0) is 37.1 Å². The number of methoxy groups -OCH3 is 1. The highest BCUT2D eigenvalue weighted by atomic mass is 32.2. The van der Waals surface area contributed by atoms with Gasteiger partial charge in [0.05, 0.1) is 18.6 Å². The summed E-state index contributed by atoms with van der Waals surface area (Å²) in [5, 5.41) is 6.90. The second kappa shape index (κ2) is 6.83. The lowest BCUT2D eigenvalue weighted by molar-refractivity contribution is -0.118. The number of rotatable bonds is 7. The van der Waals surface area contributed by atoms with Crippen LogP contribution in [0, 0.1) is 0 Å². The molecule has 1 heterocycles. The van der Waals surface area contributed by atoms with Crippen molar-refractivity contribution in [3.05, 3.63) is 30.2 Å². The van der Waals surface area contributed by atoms with Crippen molar-refractivity contribution >= 4 is 17.7 Å². The maximum Gasteiger partial charge on any atom is 0.236 e. The summed E-state index contributed by atoms with van der Waals surface area (Å²) in [5.41, 5.74) is 0.868. The summed E-state index contributed by atoms with van der Waals surface area (Å²) in [6.07, 6.45) is 2.20. The molecule has 0 bridgehead atoms. The van der Waals surface area contributed by atoms with Gasteiger partial charge in [0.15, 0.2) is 0 Å². The zero-order valence-electron chi connectivity index (χ0n) is 12.2. The number of carbonyl (C=O) groups is 1. The summed E-state index contributed by atoms with van der Waals surface area (Å²) in [5.74, 6) is 2.86. The average Bonchev–Trinajstić information content (AvgIpc) is 3.22. The third-order valence-electron chi connectivity index (χ3n) is 3.22. The molecular weight excluding hydrogens is 302 g/mol. The van der Waals surface area contributed by atoms with Gasteiger partial charge in [-0.1, -0.05) is 5.16 Å². The van der Waals surface area contributed by atoms with Crippen LogP contribution in [-0.2, 0) is 10.5 Å². The fraction of sp³-hybridized carbons (Fsp3) is 0.400. The van der Waals surface area contributed by atoms with Crippen LogP contribution in [-0.4, -0.2) is 35.0 Å². The van der Waals surface area contributed by atoms with Crippen molar-refractivity contribution in [2.24, 2.45) is 0 Å². The molecule has 1 aliphatic rings. The summed E-state index contributed by atoms with van der Waals surface area (Å²) < 4.78 is 10.3. The molecule has 0 saturated heterocycles. The average molecular weight is 319 g/mol. The minimum absolute atomic E-state index is 0.0717. The van der Waals surface area contributed by atoms with Gasteiger partial charge in [-0.15, -0.1) is 11.8 Å². The third kappa shape index (κ3) is 4.00. The summed E-state index contributed by atoms with van der Waals surface area (Å²) in [4.78, 5) is 15.9. The molecule has 2 aromatic rings. The Morgan fingerprint density at radius 3 is 2.86 bits per heavy atom. The predicted molar refractivity (Wildman–Crippen MR) is 83.6 cm³/mol. The quantitative estimate of drug-likeness (QED) is 0.843. The number of benzene rings is 1. The highest BCUT2D eigenvalue weighted by molar-refractivity contribution is 7.99. The Kier molecular flexibility index (Phi) is 4.62. The molecule has 22 heavy (non-hydrogen) atoms. The molecule has 1 amide bonds. The van der Waals surface area contributed by atoms with E-state index in [1.165, 1.54) is 11.8 Å². The fourth-order valence-corrected chi connectivity index (χ4v) is 2.56. The molecule has 0 aliphatic heterocycles. The van der Waals surface area contributed by atoms with Crippen molar-refractivity contribution in [2.75, 3.05) is 12.9 Å². The number of amides is 1. The lowest BCUT2D eigenvalue weighted by atomic mass is 10.2. The van der Waals surface area contributed by atoms with Crippen molar-refractivity contribution < 1.29 is 14.1 Å². The molecule has 3 rings (SSSR count). The first-order valence-corrected chi connectivity index (χ1v) is 8.24. The largest absolute Gasteiger partial charge is 0.497 e. The Morgan fingerprint density at radius 2 is 2.18 bits per heavy atom. The molecule has 1 fully saturated rings. The Bertz CT molecular complexity index is 638. The lowest BCUT2D eigenvalue weighted by Crippen LogP contribution is -2.27. The molecule has 6 nitrogen and oxygen atoms in total. The van der Waals surface area contributed by atoms with Crippen LogP contribution in [0.5, 0.6) is 5.75 Å². The molecule has 1 aromatic heterocycles. The van der Waals surface area contributed by atoms with Gasteiger partial charge in [-0.2, -0.15) is 4.98 Å². The number of hydrogen-bond donors (Lipinski definition) is 1.